The molecule has 5 nitrogen and oxygen atoms in total. The van der Waals surface area contributed by atoms with Crippen LogP contribution in [0.25, 0.3) is 0 Å². The van der Waals surface area contributed by atoms with Gasteiger partial charge in [0.05, 0.1) is 12.6 Å². The third-order valence-electron chi connectivity index (χ3n) is 4.74. The monoisotopic (exact) mass is 553 g/mol. The smallest absolute Gasteiger partial charge is 0.387 e. The highest BCUT2D eigenvalue weighted by Gasteiger charge is 2.42. The van der Waals surface area contributed by atoms with E-state index in [1.54, 1.807) is 0 Å². The molecule has 2 aromatic carbocycles. The molecule has 0 bridgehead atoms. The van der Waals surface area contributed by atoms with Gasteiger partial charge in [0.25, 0.3) is 0 Å². The van der Waals surface area contributed by atoms with Crippen LogP contribution in [0.4, 0.5) is 17.6 Å². The van der Waals surface area contributed by atoms with Crippen molar-refractivity contribution in [1.29, 1.82) is 0 Å². The fourth-order valence-corrected chi connectivity index (χ4v) is 3.19. The minimum Gasteiger partial charge on any atom is -0.435 e. The Morgan fingerprint density at radius 1 is 1.16 bits per heavy atom. The fourth-order valence-electron chi connectivity index (χ4n) is 3.19. The molecule has 31 heavy (non-hydrogen) atoms. The van der Waals surface area contributed by atoms with Gasteiger partial charge in [-0.25, -0.2) is 8.78 Å². The van der Waals surface area contributed by atoms with Crippen LogP contribution in [0.3, 0.4) is 0 Å². The van der Waals surface area contributed by atoms with Crippen LogP contribution in [0, 0.1) is 11.6 Å². The Hall–Kier alpha value is -2.08. The number of hydrogen-bond donors (Lipinski definition) is 3. The molecule has 0 heterocycles. The zero-order chi connectivity index (χ0) is 21.7. The van der Waals surface area contributed by atoms with Crippen LogP contribution in [0.15, 0.2) is 47.5 Å². The number of aliphatic imine (C=N–C) groups is 1. The van der Waals surface area contributed by atoms with Crippen LogP contribution < -0.4 is 15.4 Å². The summed E-state index contributed by atoms with van der Waals surface area (Å²) < 4.78 is 56.6. The average molecular weight is 553 g/mol. The number of alkyl halides is 2. The van der Waals surface area contributed by atoms with Gasteiger partial charge in [0, 0.05) is 24.1 Å². The zero-order valence-corrected chi connectivity index (χ0v) is 19.0. The quantitative estimate of drug-likeness (QED) is 0.197. The molecule has 1 aliphatic carbocycles. The molecule has 0 amide bonds. The van der Waals surface area contributed by atoms with Crippen LogP contribution in [0.1, 0.15) is 36.5 Å². The maximum atomic E-state index is 13.9. The van der Waals surface area contributed by atoms with E-state index in [-0.39, 0.29) is 53.8 Å². The number of ether oxygens (including phenoxy) is 1. The molecule has 2 aromatic rings. The van der Waals surface area contributed by atoms with Crippen molar-refractivity contribution in [2.75, 3.05) is 13.1 Å². The lowest BCUT2D eigenvalue weighted by Crippen LogP contribution is -2.39. The zero-order valence-electron chi connectivity index (χ0n) is 16.7. The van der Waals surface area contributed by atoms with Gasteiger partial charge in [-0.3, -0.25) is 4.99 Å². The number of rotatable bonds is 8. The number of nitrogens with zero attached hydrogens (tertiary/aromatic N) is 1. The summed E-state index contributed by atoms with van der Waals surface area (Å²) in [4.78, 5) is 4.32. The molecule has 3 atom stereocenters. The molecular weight excluding hydrogens is 529 g/mol. The molecule has 0 saturated heterocycles. The molecule has 0 spiro atoms. The Balaban J connectivity index is 0.00000341. The van der Waals surface area contributed by atoms with Crippen molar-refractivity contribution in [2.45, 2.75) is 38.0 Å². The van der Waals surface area contributed by atoms with Gasteiger partial charge in [-0.1, -0.05) is 18.2 Å². The van der Waals surface area contributed by atoms with Crippen molar-refractivity contribution < 1.29 is 27.4 Å². The third kappa shape index (κ3) is 6.96. The van der Waals surface area contributed by atoms with E-state index in [1.807, 2.05) is 6.92 Å². The van der Waals surface area contributed by atoms with E-state index in [9.17, 15) is 22.7 Å². The molecule has 0 aliphatic heterocycles. The second-order valence-electron chi connectivity index (χ2n) is 6.91. The van der Waals surface area contributed by atoms with Gasteiger partial charge in [0.2, 0.25) is 0 Å². The van der Waals surface area contributed by atoms with Crippen LogP contribution in [-0.4, -0.2) is 36.8 Å². The van der Waals surface area contributed by atoms with Crippen molar-refractivity contribution in [2.24, 2.45) is 4.99 Å². The molecule has 3 rings (SSSR count). The minimum absolute atomic E-state index is 0. The number of guanidine groups is 1. The molecule has 170 valence electrons. The number of hydrogen-bond acceptors (Lipinski definition) is 3. The van der Waals surface area contributed by atoms with Gasteiger partial charge < -0.3 is 20.5 Å². The SMILES string of the molecule is CCNC(=NCC(O)c1ccc(OC(F)F)cc1)NC1CC1c1c(F)cccc1F.I. The maximum absolute atomic E-state index is 13.9. The highest BCUT2D eigenvalue weighted by molar-refractivity contribution is 14.0. The van der Waals surface area contributed by atoms with Crippen molar-refractivity contribution in [3.63, 3.8) is 0 Å². The van der Waals surface area contributed by atoms with Crippen molar-refractivity contribution >= 4 is 29.9 Å². The summed E-state index contributed by atoms with van der Waals surface area (Å²) in [5.74, 6) is -1.01. The molecule has 10 heteroatoms. The standard InChI is InChI=1S/C21H23F4N3O2.HI/c1-2-26-21(28-17-10-14(17)19-15(22)4-3-5-16(19)23)27-11-18(29)12-6-8-13(9-7-12)30-20(24)25;/h3-9,14,17-18,20,29H,2,10-11H2,1H3,(H2,26,27,28);1H. The summed E-state index contributed by atoms with van der Waals surface area (Å²) in [5.41, 5.74) is 0.561. The number of benzene rings is 2. The number of halogens is 5. The first-order valence-electron chi connectivity index (χ1n) is 9.60. The van der Waals surface area contributed by atoms with Crippen molar-refractivity contribution in [3.05, 3.63) is 65.2 Å². The summed E-state index contributed by atoms with van der Waals surface area (Å²) in [6.45, 7) is -0.470. The molecule has 3 N–H and O–H groups in total. The Morgan fingerprint density at radius 2 is 1.81 bits per heavy atom. The summed E-state index contributed by atoms with van der Waals surface area (Å²) in [6.07, 6.45) is -0.392. The lowest BCUT2D eigenvalue weighted by atomic mass is 10.1. The number of nitrogens with one attached hydrogen (secondary N) is 2. The highest BCUT2D eigenvalue weighted by atomic mass is 127. The first kappa shape index (κ1) is 25.2. The molecule has 1 saturated carbocycles. The van der Waals surface area contributed by atoms with Crippen LogP contribution >= 0.6 is 24.0 Å². The second kappa shape index (κ2) is 11.5. The summed E-state index contributed by atoms with van der Waals surface area (Å²) in [6, 6.07) is 9.29. The van der Waals surface area contributed by atoms with Crippen LogP contribution in [-0.2, 0) is 0 Å². The topological polar surface area (TPSA) is 65.9 Å². The lowest BCUT2D eigenvalue weighted by molar-refractivity contribution is -0.0498. The highest BCUT2D eigenvalue weighted by Crippen LogP contribution is 2.43. The van der Waals surface area contributed by atoms with E-state index < -0.39 is 24.3 Å². The number of aliphatic hydroxyl groups is 1. The summed E-state index contributed by atoms with van der Waals surface area (Å²) in [5, 5.41) is 16.5. The maximum Gasteiger partial charge on any atom is 0.387 e. The normalized spacial score (nSPS) is 18.9. The van der Waals surface area contributed by atoms with E-state index in [1.165, 1.54) is 42.5 Å². The molecular formula is C21H24F4IN3O2. The molecule has 1 fully saturated rings. The van der Waals surface area contributed by atoms with E-state index in [4.69, 9.17) is 0 Å². The van der Waals surface area contributed by atoms with E-state index in [2.05, 4.69) is 20.4 Å². The lowest BCUT2D eigenvalue weighted by Gasteiger charge is -2.14. The van der Waals surface area contributed by atoms with E-state index in [0.717, 1.165) is 0 Å². The summed E-state index contributed by atoms with van der Waals surface area (Å²) >= 11 is 0. The van der Waals surface area contributed by atoms with Crippen molar-refractivity contribution in [1.82, 2.24) is 10.6 Å². The summed E-state index contributed by atoms with van der Waals surface area (Å²) in [7, 11) is 0. The Bertz CT molecular complexity index is 863. The van der Waals surface area contributed by atoms with Gasteiger partial charge in [-0.05, 0) is 43.2 Å². The fraction of sp³-hybridized carbons (Fsp3) is 0.381. The van der Waals surface area contributed by atoms with Gasteiger partial charge >= 0.3 is 6.61 Å². The third-order valence-corrected chi connectivity index (χ3v) is 4.74. The van der Waals surface area contributed by atoms with Gasteiger partial charge in [-0.15, -0.1) is 24.0 Å². The first-order chi connectivity index (χ1) is 14.4. The first-order valence-corrected chi connectivity index (χ1v) is 9.60. The Morgan fingerprint density at radius 3 is 2.39 bits per heavy atom. The minimum atomic E-state index is -2.91. The van der Waals surface area contributed by atoms with Gasteiger partial charge in [0.1, 0.15) is 17.4 Å². The average Bonchev–Trinajstić information content (AvgIpc) is 3.44. The van der Waals surface area contributed by atoms with Crippen LogP contribution in [0.2, 0.25) is 0 Å². The Labute approximate surface area is 194 Å². The van der Waals surface area contributed by atoms with Gasteiger partial charge in [0.15, 0.2) is 5.96 Å². The molecule has 1 aliphatic rings. The van der Waals surface area contributed by atoms with E-state index in [0.29, 0.717) is 24.5 Å². The number of aliphatic hydroxyl groups excluding tert-OH is 1. The van der Waals surface area contributed by atoms with Crippen molar-refractivity contribution in [3.8, 4) is 5.75 Å². The van der Waals surface area contributed by atoms with E-state index >= 15 is 0 Å². The largest absolute Gasteiger partial charge is 0.435 e. The molecule has 0 radical (unpaired) electrons. The molecule has 3 unspecified atom stereocenters. The van der Waals surface area contributed by atoms with Crippen LogP contribution in [0.5, 0.6) is 5.75 Å². The predicted molar refractivity (Wildman–Crippen MR) is 120 cm³/mol. The van der Waals surface area contributed by atoms with Gasteiger partial charge in [-0.2, -0.15) is 8.78 Å². The second-order valence-corrected chi connectivity index (χ2v) is 6.91. The molecule has 0 aromatic heterocycles. The Kier molecular flexibility index (Phi) is 9.35. The predicted octanol–water partition coefficient (Wildman–Crippen LogP) is 4.33.